The summed E-state index contributed by atoms with van der Waals surface area (Å²) in [5.41, 5.74) is 1.12. The average Bonchev–Trinajstić information content (AvgIpc) is 3.28. The maximum atomic E-state index is 14.1. The van der Waals surface area contributed by atoms with Gasteiger partial charge in [0.1, 0.15) is 6.10 Å². The minimum Gasteiger partial charge on any atom is -0.493 e. The summed E-state index contributed by atoms with van der Waals surface area (Å²) in [6, 6.07) is 18.1. The van der Waals surface area contributed by atoms with Crippen LogP contribution >= 0.6 is 0 Å². The lowest BCUT2D eigenvalue weighted by Crippen LogP contribution is -2.20. The van der Waals surface area contributed by atoms with Crippen LogP contribution in [0.3, 0.4) is 0 Å². The van der Waals surface area contributed by atoms with Crippen molar-refractivity contribution in [2.75, 3.05) is 35.5 Å². The van der Waals surface area contributed by atoms with Crippen LogP contribution in [0, 0.1) is 0 Å². The minimum absolute atomic E-state index is 0.0621. The molecule has 37 heavy (non-hydrogen) atoms. The minimum atomic E-state index is -4.16. The Bertz CT molecular complexity index is 1470. The van der Waals surface area contributed by atoms with Gasteiger partial charge in [-0.3, -0.25) is 0 Å². The topological polar surface area (TPSA) is 105 Å². The summed E-state index contributed by atoms with van der Waals surface area (Å²) in [7, 11) is 3.12. The lowest BCUT2D eigenvalue weighted by molar-refractivity contribution is -0.106. The normalized spacial score (nSPS) is 12.6. The summed E-state index contributed by atoms with van der Waals surface area (Å²) in [6.45, 7) is 0. The monoisotopic (exact) mass is 527 g/mol. The number of aliphatic hydroxyl groups excluding tert-OH is 1. The maximum absolute atomic E-state index is 14.1. The van der Waals surface area contributed by atoms with Gasteiger partial charge in [0.15, 0.2) is 17.8 Å². The Kier molecular flexibility index (Phi) is 7.74. The average molecular weight is 528 g/mol. The number of fused-ring (bicyclic) bond motifs is 1. The Morgan fingerprint density at radius 2 is 1.35 bits per heavy atom. The molecular formula is C27H29NO8S. The Balaban J connectivity index is 2.11. The molecule has 0 bridgehead atoms. The smallest absolute Gasteiger partial charge is 0.268 e. The fourth-order valence-corrected chi connectivity index (χ4v) is 6.05. The first-order valence-electron chi connectivity index (χ1n) is 11.3. The van der Waals surface area contributed by atoms with Crippen LogP contribution in [-0.4, -0.2) is 53.0 Å². The first-order valence-corrected chi connectivity index (χ1v) is 12.7. The van der Waals surface area contributed by atoms with Gasteiger partial charge < -0.3 is 28.8 Å². The van der Waals surface area contributed by atoms with Crippen molar-refractivity contribution in [3.8, 4) is 17.2 Å². The quantitative estimate of drug-likeness (QED) is 0.305. The highest BCUT2D eigenvalue weighted by Crippen LogP contribution is 2.44. The zero-order chi connectivity index (χ0) is 26.7. The molecule has 0 radical (unpaired) electrons. The predicted octanol–water partition coefficient (Wildman–Crippen LogP) is 4.28. The molecule has 0 spiro atoms. The van der Waals surface area contributed by atoms with E-state index in [0.717, 1.165) is 3.97 Å². The van der Waals surface area contributed by atoms with Gasteiger partial charge in [-0.2, -0.15) is 0 Å². The molecule has 4 aromatic rings. The molecule has 1 unspecified atom stereocenters. The number of aromatic nitrogens is 1. The van der Waals surface area contributed by atoms with E-state index >= 15 is 0 Å². The number of ether oxygens (including phenoxy) is 5. The summed E-state index contributed by atoms with van der Waals surface area (Å²) in [6.07, 6.45) is -2.42. The number of methoxy groups -OCH3 is 5. The molecule has 0 saturated heterocycles. The third-order valence-corrected chi connectivity index (χ3v) is 7.86. The van der Waals surface area contributed by atoms with Crippen molar-refractivity contribution in [3.05, 3.63) is 83.6 Å². The molecule has 3 aromatic carbocycles. The van der Waals surface area contributed by atoms with Crippen LogP contribution in [0.2, 0.25) is 0 Å². The van der Waals surface area contributed by atoms with Crippen molar-refractivity contribution in [2.45, 2.75) is 17.3 Å². The van der Waals surface area contributed by atoms with Gasteiger partial charge in [-0.25, -0.2) is 12.4 Å². The first-order chi connectivity index (χ1) is 17.8. The van der Waals surface area contributed by atoms with Crippen LogP contribution in [0.15, 0.2) is 71.6 Å². The van der Waals surface area contributed by atoms with Gasteiger partial charge in [0.2, 0.25) is 5.75 Å². The summed E-state index contributed by atoms with van der Waals surface area (Å²) in [5, 5.41) is 12.4. The molecule has 9 nitrogen and oxygen atoms in total. The van der Waals surface area contributed by atoms with Gasteiger partial charge in [0.05, 0.1) is 37.4 Å². The third-order valence-electron chi connectivity index (χ3n) is 6.11. The molecule has 0 aliphatic rings. The molecule has 0 saturated carbocycles. The number of benzene rings is 3. The zero-order valence-corrected chi connectivity index (χ0v) is 22.0. The summed E-state index contributed by atoms with van der Waals surface area (Å²) in [5.74, 6) is 0.951. The van der Waals surface area contributed by atoms with Crippen LogP contribution in [0.25, 0.3) is 10.9 Å². The van der Waals surface area contributed by atoms with Crippen molar-refractivity contribution in [1.29, 1.82) is 0 Å². The number of nitrogens with zero attached hydrogens (tertiary/aromatic N) is 1. The Morgan fingerprint density at radius 1 is 0.784 bits per heavy atom. The molecule has 1 aromatic heterocycles. The van der Waals surface area contributed by atoms with E-state index in [0.29, 0.717) is 39.3 Å². The van der Waals surface area contributed by atoms with Crippen molar-refractivity contribution in [1.82, 2.24) is 3.97 Å². The Labute approximate surface area is 215 Å². The summed E-state index contributed by atoms with van der Waals surface area (Å²) in [4.78, 5) is 0.0621. The fourth-order valence-electron chi connectivity index (χ4n) is 4.47. The molecule has 0 amide bonds. The van der Waals surface area contributed by atoms with Crippen LogP contribution in [0.5, 0.6) is 17.2 Å². The zero-order valence-electron chi connectivity index (χ0n) is 21.2. The molecule has 0 aliphatic carbocycles. The second-order valence-electron chi connectivity index (χ2n) is 8.06. The van der Waals surface area contributed by atoms with E-state index in [1.54, 1.807) is 54.6 Å². The number of hydrogen-bond acceptors (Lipinski definition) is 8. The van der Waals surface area contributed by atoms with Crippen molar-refractivity contribution in [2.24, 2.45) is 0 Å². The fraction of sp³-hybridized carbons (Fsp3) is 0.259. The van der Waals surface area contributed by atoms with Gasteiger partial charge in [0.25, 0.3) is 10.0 Å². The van der Waals surface area contributed by atoms with Gasteiger partial charge >= 0.3 is 0 Å². The van der Waals surface area contributed by atoms with Crippen molar-refractivity contribution >= 4 is 20.9 Å². The second-order valence-corrected chi connectivity index (χ2v) is 9.85. The van der Waals surface area contributed by atoms with E-state index in [2.05, 4.69) is 0 Å². The molecule has 10 heteroatoms. The third kappa shape index (κ3) is 4.53. The second kappa shape index (κ2) is 10.8. The highest BCUT2D eigenvalue weighted by molar-refractivity contribution is 7.90. The number of rotatable bonds is 10. The van der Waals surface area contributed by atoms with Crippen molar-refractivity contribution in [3.63, 3.8) is 0 Å². The van der Waals surface area contributed by atoms with Crippen LogP contribution < -0.4 is 14.2 Å². The largest absolute Gasteiger partial charge is 0.493 e. The Hall–Kier alpha value is -3.57. The molecule has 4 rings (SSSR count). The van der Waals surface area contributed by atoms with Gasteiger partial charge in [-0.15, -0.1) is 0 Å². The molecule has 0 fully saturated rings. The first kappa shape index (κ1) is 26.5. The van der Waals surface area contributed by atoms with E-state index in [9.17, 15) is 13.5 Å². The Morgan fingerprint density at radius 3 is 1.89 bits per heavy atom. The van der Waals surface area contributed by atoms with E-state index in [1.807, 2.05) is 0 Å². The van der Waals surface area contributed by atoms with E-state index in [4.69, 9.17) is 23.7 Å². The maximum Gasteiger partial charge on any atom is 0.268 e. The number of para-hydroxylation sites is 1. The lowest BCUT2D eigenvalue weighted by Gasteiger charge is -2.22. The van der Waals surface area contributed by atoms with Crippen LogP contribution in [-0.2, 0) is 19.5 Å². The molecule has 0 aliphatic heterocycles. The van der Waals surface area contributed by atoms with Crippen LogP contribution in [0.1, 0.15) is 29.2 Å². The number of aliphatic hydroxyl groups is 1. The molecule has 1 heterocycles. The van der Waals surface area contributed by atoms with E-state index < -0.39 is 22.4 Å². The van der Waals surface area contributed by atoms with Gasteiger partial charge in [0, 0.05) is 25.2 Å². The van der Waals surface area contributed by atoms with Crippen molar-refractivity contribution < 1.29 is 37.2 Å². The summed E-state index contributed by atoms with van der Waals surface area (Å²) >= 11 is 0. The van der Waals surface area contributed by atoms with E-state index in [-0.39, 0.29) is 10.6 Å². The van der Waals surface area contributed by atoms with Gasteiger partial charge in [-0.05, 0) is 35.9 Å². The predicted molar refractivity (Wildman–Crippen MR) is 138 cm³/mol. The molecule has 1 N–H and O–H groups in total. The SMILES string of the molecule is COc1cc(C(O)c2c(C(OC)OC)c3ccccc3n2S(=O)(=O)c2ccccc2)cc(OC)c1OC. The highest BCUT2D eigenvalue weighted by Gasteiger charge is 2.35. The van der Waals surface area contributed by atoms with E-state index in [1.165, 1.54) is 47.7 Å². The van der Waals surface area contributed by atoms with Crippen LogP contribution in [0.4, 0.5) is 0 Å². The standard InChI is InChI=1S/C27H29NO8S/c1-32-21-15-17(16-22(33-2)26(21)34-3)25(29)24-23(27(35-4)36-5)19-13-9-10-14-20(19)28(24)37(30,31)18-11-7-6-8-12-18/h6-16,25,27,29H,1-5H3. The lowest BCUT2D eigenvalue weighted by atomic mass is 10.0. The summed E-state index contributed by atoms with van der Waals surface area (Å²) < 4.78 is 56.7. The number of hydrogen-bond donors (Lipinski definition) is 1. The molecule has 196 valence electrons. The highest BCUT2D eigenvalue weighted by atomic mass is 32.2. The van der Waals surface area contributed by atoms with Gasteiger partial charge in [-0.1, -0.05) is 36.4 Å². The molecular weight excluding hydrogens is 498 g/mol. The molecule has 1 atom stereocenters.